The van der Waals surface area contributed by atoms with Crippen LogP contribution in [0.15, 0.2) is 30.3 Å². The van der Waals surface area contributed by atoms with Crippen LogP contribution in [-0.4, -0.2) is 46.6 Å². The third-order valence-corrected chi connectivity index (χ3v) is 7.35. The van der Waals surface area contributed by atoms with Crippen LogP contribution < -0.4 is 5.32 Å². The molecular weight excluding hydrogens is 390 g/mol. The second kappa shape index (κ2) is 8.07. The highest BCUT2D eigenvalue weighted by Crippen LogP contribution is 2.54. The number of amides is 2. The Morgan fingerprint density at radius 3 is 2.72 bits per heavy atom. The molecule has 0 unspecified atom stereocenters. The molecule has 0 aliphatic carbocycles. The number of nitriles is 1. The summed E-state index contributed by atoms with van der Waals surface area (Å²) in [6, 6.07) is 11.0. The van der Waals surface area contributed by atoms with Crippen LogP contribution in [-0.2, 0) is 24.0 Å². The lowest BCUT2D eigenvalue weighted by Crippen LogP contribution is -2.51. The minimum Gasteiger partial charge on any atom is -0.454 e. The van der Waals surface area contributed by atoms with Crippen molar-refractivity contribution >= 4 is 29.5 Å². The fourth-order valence-electron chi connectivity index (χ4n) is 3.68. The molecule has 2 aliphatic rings. The van der Waals surface area contributed by atoms with E-state index in [0.29, 0.717) is 18.6 Å². The first-order chi connectivity index (χ1) is 13.7. The number of carbonyl (C=O) groups excluding carboxylic acids is 3. The van der Waals surface area contributed by atoms with E-state index in [0.717, 1.165) is 5.56 Å². The molecule has 8 heteroatoms. The maximum atomic E-state index is 12.7. The number of fused-ring (bicyclic) bond motifs is 1. The predicted molar refractivity (Wildman–Crippen MR) is 108 cm³/mol. The number of hydrogen-bond donors (Lipinski definition) is 1. The molecule has 3 atom stereocenters. The predicted octanol–water partition coefficient (Wildman–Crippen LogP) is 2.17. The van der Waals surface area contributed by atoms with E-state index in [1.54, 1.807) is 23.6 Å². The number of nitrogens with one attached hydrogen (secondary N) is 1. The van der Waals surface area contributed by atoms with Crippen LogP contribution in [0.2, 0.25) is 0 Å². The van der Waals surface area contributed by atoms with Crippen molar-refractivity contribution in [3.63, 3.8) is 0 Å². The average molecular weight is 416 g/mol. The summed E-state index contributed by atoms with van der Waals surface area (Å²) in [5.41, 5.74) is -0.0503. The Bertz CT molecular complexity index is 853. The first-order valence-corrected chi connectivity index (χ1v) is 10.6. The molecule has 0 spiro atoms. The Morgan fingerprint density at radius 2 is 2.10 bits per heavy atom. The quantitative estimate of drug-likeness (QED) is 0.715. The van der Waals surface area contributed by atoms with Gasteiger partial charge in [-0.25, -0.2) is 4.79 Å². The molecule has 0 saturated carbocycles. The molecule has 0 bridgehead atoms. The van der Waals surface area contributed by atoms with Gasteiger partial charge in [-0.05, 0) is 24.8 Å². The number of hydrogen-bond acceptors (Lipinski definition) is 6. The van der Waals surface area contributed by atoms with E-state index >= 15 is 0 Å². The molecule has 0 aromatic heterocycles. The van der Waals surface area contributed by atoms with Gasteiger partial charge in [-0.1, -0.05) is 44.2 Å². The van der Waals surface area contributed by atoms with E-state index in [1.165, 1.54) is 0 Å². The van der Waals surface area contributed by atoms with Gasteiger partial charge < -0.3 is 15.0 Å². The molecule has 29 heavy (non-hydrogen) atoms. The summed E-state index contributed by atoms with van der Waals surface area (Å²) in [6.07, 6.45) is 1.01. The van der Waals surface area contributed by atoms with Gasteiger partial charge in [-0.3, -0.25) is 9.59 Å². The van der Waals surface area contributed by atoms with Gasteiger partial charge in [0.05, 0.1) is 6.07 Å². The number of ether oxygens (including phenoxy) is 1. The zero-order chi connectivity index (χ0) is 21.2. The molecular formula is C21H25N3O4S. The Morgan fingerprint density at radius 1 is 1.41 bits per heavy atom. The molecule has 0 radical (unpaired) electrons. The lowest BCUT2D eigenvalue weighted by Gasteiger charge is -2.33. The van der Waals surface area contributed by atoms with Crippen LogP contribution >= 0.6 is 11.8 Å². The summed E-state index contributed by atoms with van der Waals surface area (Å²) < 4.78 is 5.23. The number of benzene rings is 1. The Balaban J connectivity index is 1.67. The summed E-state index contributed by atoms with van der Waals surface area (Å²) in [5, 5.41) is 11.9. The van der Waals surface area contributed by atoms with Crippen molar-refractivity contribution in [1.29, 1.82) is 5.26 Å². The zero-order valence-corrected chi connectivity index (χ0v) is 17.6. The van der Waals surface area contributed by atoms with E-state index in [1.807, 2.05) is 44.2 Å². The van der Waals surface area contributed by atoms with E-state index in [9.17, 15) is 19.6 Å². The van der Waals surface area contributed by atoms with Crippen molar-refractivity contribution in [3.8, 4) is 6.07 Å². The van der Waals surface area contributed by atoms with E-state index < -0.39 is 34.9 Å². The maximum Gasteiger partial charge on any atom is 0.330 e. The molecule has 2 amide bonds. The topological polar surface area (TPSA) is 99.5 Å². The van der Waals surface area contributed by atoms with E-state index in [-0.39, 0.29) is 11.8 Å². The van der Waals surface area contributed by atoms with Crippen LogP contribution in [0.5, 0.6) is 0 Å². The highest BCUT2D eigenvalue weighted by atomic mass is 32.2. The van der Waals surface area contributed by atoms with Crippen molar-refractivity contribution in [3.05, 3.63) is 35.9 Å². The zero-order valence-electron chi connectivity index (χ0n) is 16.8. The maximum absolute atomic E-state index is 12.7. The molecule has 2 aliphatic heterocycles. The van der Waals surface area contributed by atoms with Gasteiger partial charge in [0.15, 0.2) is 6.61 Å². The Hall–Kier alpha value is -2.53. The first kappa shape index (κ1) is 21.2. The molecule has 3 rings (SSSR count). The van der Waals surface area contributed by atoms with Gasteiger partial charge in [0.25, 0.3) is 5.91 Å². The van der Waals surface area contributed by atoms with Gasteiger partial charge in [0, 0.05) is 12.2 Å². The number of esters is 1. The molecule has 1 aromatic rings. The number of nitrogens with zero attached hydrogens (tertiary/aromatic N) is 2. The van der Waals surface area contributed by atoms with Crippen molar-refractivity contribution in [2.75, 3.05) is 12.4 Å². The van der Waals surface area contributed by atoms with Crippen LogP contribution in [0.1, 0.15) is 39.2 Å². The molecule has 1 aromatic carbocycles. The Labute approximate surface area is 174 Å². The molecule has 2 fully saturated rings. The summed E-state index contributed by atoms with van der Waals surface area (Å²) in [5.74, 6) is -0.898. The lowest BCUT2D eigenvalue weighted by atomic mass is 9.90. The van der Waals surface area contributed by atoms with Crippen molar-refractivity contribution in [2.24, 2.45) is 5.92 Å². The van der Waals surface area contributed by atoms with Crippen LogP contribution in [0.4, 0.5) is 0 Å². The summed E-state index contributed by atoms with van der Waals surface area (Å²) >= 11 is 1.57. The Kier molecular flexibility index (Phi) is 5.90. The monoisotopic (exact) mass is 415 g/mol. The molecule has 2 saturated heterocycles. The molecule has 7 nitrogen and oxygen atoms in total. The normalized spacial score (nSPS) is 25.3. The van der Waals surface area contributed by atoms with Crippen LogP contribution in [0.3, 0.4) is 0 Å². The molecule has 154 valence electrons. The van der Waals surface area contributed by atoms with Gasteiger partial charge in [0.2, 0.25) is 5.91 Å². The minimum absolute atomic E-state index is 0.0814. The second-order valence-corrected chi connectivity index (χ2v) is 9.16. The SMILES string of the molecule is CC(C)[C@@](C)(C#N)NC(=O)COC(=O)[C@@H]1CS[C@@]2(c3ccccc3)CCC(=O)N12. The fraction of sp³-hybridized carbons (Fsp3) is 0.524. The summed E-state index contributed by atoms with van der Waals surface area (Å²) in [4.78, 5) is 38.5. The number of thioether (sulfide) groups is 1. The van der Waals surface area contributed by atoms with Crippen molar-refractivity contribution < 1.29 is 19.1 Å². The second-order valence-electron chi connectivity index (χ2n) is 7.87. The highest BCUT2D eigenvalue weighted by Gasteiger charge is 2.57. The molecule has 1 N–H and O–H groups in total. The van der Waals surface area contributed by atoms with Gasteiger partial charge in [0.1, 0.15) is 16.5 Å². The largest absolute Gasteiger partial charge is 0.454 e. The number of carbonyl (C=O) groups is 3. The number of rotatable bonds is 6. The van der Waals surface area contributed by atoms with Crippen molar-refractivity contribution in [2.45, 2.75) is 50.1 Å². The third kappa shape index (κ3) is 3.84. The van der Waals surface area contributed by atoms with Crippen LogP contribution in [0.25, 0.3) is 0 Å². The third-order valence-electron chi connectivity index (χ3n) is 5.76. The summed E-state index contributed by atoms with van der Waals surface area (Å²) in [7, 11) is 0. The standard InChI is InChI=1S/C21H25N3O4S/c1-14(2)20(3,13-22)23-17(25)11-28-19(27)16-12-29-21(10-9-18(26)24(16)21)15-7-5-4-6-8-15/h4-8,14,16H,9-12H2,1-3H3,(H,23,25)/t16-,20+,21+/m0/s1. The highest BCUT2D eigenvalue weighted by molar-refractivity contribution is 8.00. The van der Waals surface area contributed by atoms with E-state index in [2.05, 4.69) is 11.4 Å². The average Bonchev–Trinajstić information content (AvgIpc) is 3.26. The van der Waals surface area contributed by atoms with Crippen molar-refractivity contribution in [1.82, 2.24) is 10.2 Å². The molecule has 2 heterocycles. The van der Waals surface area contributed by atoms with Gasteiger partial charge in [-0.15, -0.1) is 11.8 Å². The van der Waals surface area contributed by atoms with E-state index in [4.69, 9.17) is 4.74 Å². The van der Waals surface area contributed by atoms with Gasteiger partial charge in [-0.2, -0.15) is 5.26 Å². The minimum atomic E-state index is -1.04. The van der Waals surface area contributed by atoms with Gasteiger partial charge >= 0.3 is 5.97 Å². The van der Waals surface area contributed by atoms with Crippen LogP contribution in [0, 0.1) is 17.2 Å². The first-order valence-electron chi connectivity index (χ1n) is 9.64. The summed E-state index contributed by atoms with van der Waals surface area (Å²) in [6.45, 7) is 4.80. The smallest absolute Gasteiger partial charge is 0.330 e. The lowest BCUT2D eigenvalue weighted by molar-refractivity contribution is -0.156. The fourth-order valence-corrected chi connectivity index (χ4v) is 5.31.